The first-order valence-electron chi connectivity index (χ1n) is 10.7. The predicted molar refractivity (Wildman–Crippen MR) is 111 cm³/mol. The van der Waals surface area contributed by atoms with E-state index in [0.29, 0.717) is 36.2 Å². The van der Waals surface area contributed by atoms with Crippen LogP contribution in [-0.4, -0.2) is 46.7 Å². The number of nitrogens with zero attached hydrogens (tertiary/aromatic N) is 4. The van der Waals surface area contributed by atoms with Crippen LogP contribution < -0.4 is 15.0 Å². The molecule has 2 aliphatic rings. The van der Waals surface area contributed by atoms with Crippen LogP contribution in [0.15, 0.2) is 30.5 Å². The number of amides is 1. The molecule has 1 saturated carbocycles. The number of aromatic nitrogens is 3. The maximum Gasteiger partial charge on any atom is 0.282 e. The van der Waals surface area contributed by atoms with E-state index in [1.807, 2.05) is 6.07 Å². The number of rotatable bonds is 9. The Labute approximate surface area is 180 Å². The van der Waals surface area contributed by atoms with Crippen molar-refractivity contribution < 1.29 is 18.3 Å². The fourth-order valence-electron chi connectivity index (χ4n) is 3.53. The summed E-state index contributed by atoms with van der Waals surface area (Å²) in [5, 5.41) is 11.0. The second-order valence-corrected chi connectivity index (χ2v) is 8.79. The third-order valence-corrected chi connectivity index (χ3v) is 5.37. The second-order valence-electron chi connectivity index (χ2n) is 8.79. The molecule has 1 amide bonds. The molecule has 31 heavy (non-hydrogen) atoms. The summed E-state index contributed by atoms with van der Waals surface area (Å²) >= 11 is 0. The van der Waals surface area contributed by atoms with E-state index in [1.54, 1.807) is 24.4 Å². The molecule has 1 aliphatic carbocycles. The van der Waals surface area contributed by atoms with E-state index < -0.39 is 5.92 Å². The maximum atomic E-state index is 13.4. The van der Waals surface area contributed by atoms with Crippen LogP contribution in [0.4, 0.5) is 14.5 Å². The molecular weight excluding hydrogens is 404 g/mol. The smallest absolute Gasteiger partial charge is 0.282 e. The van der Waals surface area contributed by atoms with Crippen LogP contribution in [0.5, 0.6) is 5.88 Å². The number of ether oxygens (including phenoxy) is 1. The average molecular weight is 431 g/mol. The largest absolute Gasteiger partial charge is 0.476 e. The Hall–Kier alpha value is -2.84. The molecular formula is C22H27F2N5O2. The first kappa shape index (κ1) is 21.4. The number of carbonyl (C=O) groups excluding carboxylic acids is 1. The summed E-state index contributed by atoms with van der Waals surface area (Å²) in [5.41, 5.74) is 1.35. The zero-order valence-electron chi connectivity index (χ0n) is 17.7. The third-order valence-electron chi connectivity index (χ3n) is 5.37. The fraction of sp³-hybridized carbons (Fsp3) is 0.545. The molecule has 1 atom stereocenters. The Morgan fingerprint density at radius 3 is 2.68 bits per heavy atom. The molecule has 166 valence electrons. The Balaban J connectivity index is 1.52. The molecule has 3 heterocycles. The second kappa shape index (κ2) is 8.72. The zero-order chi connectivity index (χ0) is 22.0. The normalized spacial score (nSPS) is 18.4. The number of hydrogen-bond acceptors (Lipinski definition) is 6. The number of anilines is 1. The van der Waals surface area contributed by atoms with Crippen molar-refractivity contribution in [2.45, 2.75) is 45.1 Å². The highest BCUT2D eigenvalue weighted by molar-refractivity contribution is 5.93. The summed E-state index contributed by atoms with van der Waals surface area (Å²) in [5.74, 6) is -2.04. The van der Waals surface area contributed by atoms with Crippen LogP contribution >= 0.6 is 0 Å². The van der Waals surface area contributed by atoms with E-state index in [1.165, 1.54) is 4.90 Å². The molecule has 9 heteroatoms. The molecule has 0 bridgehead atoms. The highest BCUT2D eigenvalue weighted by atomic mass is 19.3. The van der Waals surface area contributed by atoms with Gasteiger partial charge in [0.15, 0.2) is 0 Å². The number of pyridine rings is 1. The number of alkyl halides is 2. The molecule has 4 rings (SSSR count). The molecule has 1 saturated heterocycles. The van der Waals surface area contributed by atoms with Gasteiger partial charge in [-0.25, -0.2) is 13.8 Å². The van der Waals surface area contributed by atoms with Gasteiger partial charge in [0.1, 0.15) is 11.4 Å². The van der Waals surface area contributed by atoms with E-state index in [2.05, 4.69) is 34.3 Å². The van der Waals surface area contributed by atoms with Gasteiger partial charge in [0, 0.05) is 6.20 Å². The third kappa shape index (κ3) is 5.45. The molecule has 0 aromatic carbocycles. The molecule has 7 nitrogen and oxygen atoms in total. The SMILES string of the molecule is CC(C)C[C@@H](NC(=O)c1ccc(N2CC(F)(F)C2)c(OCC2CC2)n1)c1cccnn1. The van der Waals surface area contributed by atoms with Gasteiger partial charge >= 0.3 is 0 Å². The Morgan fingerprint density at radius 2 is 2.06 bits per heavy atom. The summed E-state index contributed by atoms with van der Waals surface area (Å²) in [6.07, 6.45) is 4.45. The highest BCUT2D eigenvalue weighted by Gasteiger charge is 2.45. The standard InChI is InChI=1S/C22H27F2N5O2/c1-14(2)10-18(16-4-3-9-25-28-16)26-20(30)17-7-8-19(29-12-22(23,24)13-29)21(27-17)31-11-15-5-6-15/h3-4,7-9,14-15,18H,5-6,10-13H2,1-2H3,(H,26,30)/t18-/m1/s1. The number of carbonyl (C=O) groups is 1. The average Bonchev–Trinajstić information content (AvgIpc) is 3.54. The first-order chi connectivity index (χ1) is 14.8. The van der Waals surface area contributed by atoms with Crippen molar-refractivity contribution in [2.24, 2.45) is 11.8 Å². The van der Waals surface area contributed by atoms with Gasteiger partial charge < -0.3 is 15.0 Å². The van der Waals surface area contributed by atoms with E-state index >= 15 is 0 Å². The van der Waals surface area contributed by atoms with Gasteiger partial charge in [-0.1, -0.05) is 13.8 Å². The van der Waals surface area contributed by atoms with Crippen molar-refractivity contribution in [3.8, 4) is 5.88 Å². The molecule has 1 aliphatic heterocycles. The van der Waals surface area contributed by atoms with Gasteiger partial charge in [0.2, 0.25) is 5.88 Å². The number of halogens is 2. The van der Waals surface area contributed by atoms with Gasteiger partial charge in [-0.05, 0) is 55.4 Å². The van der Waals surface area contributed by atoms with Gasteiger partial charge in [-0.3, -0.25) is 4.79 Å². The van der Waals surface area contributed by atoms with Crippen LogP contribution in [0, 0.1) is 11.8 Å². The minimum absolute atomic E-state index is 0.180. The quantitative estimate of drug-likeness (QED) is 0.653. The lowest BCUT2D eigenvalue weighted by Gasteiger charge is -2.40. The van der Waals surface area contributed by atoms with Crippen LogP contribution in [-0.2, 0) is 0 Å². The molecule has 0 radical (unpaired) electrons. The summed E-state index contributed by atoms with van der Waals surface area (Å²) < 4.78 is 32.6. The Bertz CT molecular complexity index is 913. The van der Waals surface area contributed by atoms with Crippen molar-refractivity contribution in [2.75, 3.05) is 24.6 Å². The summed E-state index contributed by atoms with van der Waals surface area (Å²) in [4.78, 5) is 18.9. The Kier molecular flexibility index (Phi) is 6.02. The van der Waals surface area contributed by atoms with Crippen LogP contribution in [0.2, 0.25) is 0 Å². The fourth-order valence-corrected chi connectivity index (χ4v) is 3.53. The minimum atomic E-state index is -2.70. The van der Waals surface area contributed by atoms with E-state index in [9.17, 15) is 13.6 Å². The van der Waals surface area contributed by atoms with E-state index in [4.69, 9.17) is 4.74 Å². The Morgan fingerprint density at radius 1 is 1.29 bits per heavy atom. The topological polar surface area (TPSA) is 80.2 Å². The van der Waals surface area contributed by atoms with Crippen LogP contribution in [0.1, 0.15) is 55.3 Å². The molecule has 0 spiro atoms. The van der Waals surface area contributed by atoms with Crippen LogP contribution in [0.3, 0.4) is 0 Å². The summed E-state index contributed by atoms with van der Waals surface area (Å²) in [7, 11) is 0. The zero-order valence-corrected chi connectivity index (χ0v) is 17.7. The van der Waals surface area contributed by atoms with Crippen molar-refractivity contribution in [3.05, 3.63) is 41.9 Å². The lowest BCUT2D eigenvalue weighted by atomic mass is 10.0. The maximum absolute atomic E-state index is 13.4. The van der Waals surface area contributed by atoms with Gasteiger partial charge in [0.25, 0.3) is 11.8 Å². The lowest BCUT2D eigenvalue weighted by Crippen LogP contribution is -2.56. The highest BCUT2D eigenvalue weighted by Crippen LogP contribution is 2.38. The molecule has 1 N–H and O–H groups in total. The molecule has 2 aromatic rings. The summed E-state index contributed by atoms with van der Waals surface area (Å²) in [6.45, 7) is 3.86. The van der Waals surface area contributed by atoms with Gasteiger partial charge in [-0.15, -0.1) is 0 Å². The monoisotopic (exact) mass is 431 g/mol. The van der Waals surface area contributed by atoms with Crippen molar-refractivity contribution in [1.82, 2.24) is 20.5 Å². The van der Waals surface area contributed by atoms with E-state index in [-0.39, 0.29) is 36.6 Å². The number of hydrogen-bond donors (Lipinski definition) is 1. The van der Waals surface area contributed by atoms with Gasteiger partial charge in [0.05, 0.1) is 31.4 Å². The van der Waals surface area contributed by atoms with Crippen LogP contribution in [0.25, 0.3) is 0 Å². The first-order valence-corrected chi connectivity index (χ1v) is 10.7. The number of nitrogens with one attached hydrogen (secondary N) is 1. The molecule has 2 fully saturated rings. The predicted octanol–water partition coefficient (Wildman–Crippen LogP) is 3.63. The minimum Gasteiger partial charge on any atom is -0.476 e. The van der Waals surface area contributed by atoms with E-state index in [0.717, 1.165) is 12.8 Å². The molecule has 0 unspecified atom stereocenters. The summed E-state index contributed by atoms with van der Waals surface area (Å²) in [6, 6.07) is 6.48. The van der Waals surface area contributed by atoms with Crippen molar-refractivity contribution >= 4 is 11.6 Å². The van der Waals surface area contributed by atoms with Crippen molar-refractivity contribution in [1.29, 1.82) is 0 Å². The van der Waals surface area contributed by atoms with Crippen molar-refractivity contribution in [3.63, 3.8) is 0 Å². The van der Waals surface area contributed by atoms with Gasteiger partial charge in [-0.2, -0.15) is 10.2 Å². The lowest BCUT2D eigenvalue weighted by molar-refractivity contribution is -0.0265. The molecule has 2 aromatic heterocycles.